The fourth-order valence-electron chi connectivity index (χ4n) is 3.37. The van der Waals surface area contributed by atoms with Gasteiger partial charge in [0.05, 0.1) is 0 Å². The molecule has 0 spiro atoms. The summed E-state index contributed by atoms with van der Waals surface area (Å²) in [5.41, 5.74) is 2.51. The SMILES string of the molecule is CCC[C@H](C)C[C@H](C)C=C(C)C=C(C)C1=C(C)C(=O)[C@@](C)(O)O1. The molecule has 1 N–H and O–H groups in total. The Morgan fingerprint density at radius 1 is 1.35 bits per heavy atom. The van der Waals surface area contributed by atoms with Gasteiger partial charge in [-0.1, -0.05) is 51.3 Å². The molecule has 0 aromatic carbocycles. The van der Waals surface area contributed by atoms with E-state index in [1.165, 1.54) is 26.2 Å². The van der Waals surface area contributed by atoms with Crippen molar-refractivity contribution in [2.75, 3.05) is 0 Å². The Kier molecular flexibility index (Phi) is 6.82. The second kappa shape index (κ2) is 7.96. The van der Waals surface area contributed by atoms with E-state index in [0.717, 1.165) is 17.1 Å². The lowest BCUT2D eigenvalue weighted by Crippen LogP contribution is -2.32. The van der Waals surface area contributed by atoms with Gasteiger partial charge in [0, 0.05) is 12.5 Å². The van der Waals surface area contributed by atoms with E-state index in [2.05, 4.69) is 33.8 Å². The minimum Gasteiger partial charge on any atom is -0.454 e. The largest absolute Gasteiger partial charge is 0.454 e. The van der Waals surface area contributed by atoms with Crippen LogP contribution in [0.5, 0.6) is 0 Å². The van der Waals surface area contributed by atoms with Crippen LogP contribution in [0.3, 0.4) is 0 Å². The Morgan fingerprint density at radius 2 is 1.96 bits per heavy atom. The zero-order valence-electron chi connectivity index (χ0n) is 15.7. The molecule has 0 bridgehead atoms. The van der Waals surface area contributed by atoms with Gasteiger partial charge in [0.25, 0.3) is 5.79 Å². The Bertz CT molecular complexity index is 535. The number of allylic oxidation sites excluding steroid dienone is 4. The van der Waals surface area contributed by atoms with Crippen molar-refractivity contribution in [3.8, 4) is 0 Å². The normalized spacial score (nSPS) is 25.7. The lowest BCUT2D eigenvalue weighted by atomic mass is 9.92. The average molecular weight is 320 g/mol. The van der Waals surface area contributed by atoms with E-state index < -0.39 is 5.79 Å². The van der Waals surface area contributed by atoms with Crippen molar-refractivity contribution < 1.29 is 14.6 Å². The molecule has 1 heterocycles. The highest BCUT2D eigenvalue weighted by atomic mass is 16.6. The average Bonchev–Trinajstić information content (AvgIpc) is 2.62. The summed E-state index contributed by atoms with van der Waals surface area (Å²) in [5.74, 6) is -0.331. The summed E-state index contributed by atoms with van der Waals surface area (Å²) in [4.78, 5) is 11.9. The molecular weight excluding hydrogens is 288 g/mol. The van der Waals surface area contributed by atoms with E-state index in [4.69, 9.17) is 4.74 Å². The van der Waals surface area contributed by atoms with Crippen LogP contribution in [0.1, 0.15) is 67.7 Å². The molecule has 130 valence electrons. The first-order valence-corrected chi connectivity index (χ1v) is 8.62. The van der Waals surface area contributed by atoms with Crippen molar-refractivity contribution in [2.45, 2.75) is 73.5 Å². The van der Waals surface area contributed by atoms with Gasteiger partial charge in [0.15, 0.2) is 0 Å². The third kappa shape index (κ3) is 5.35. The van der Waals surface area contributed by atoms with Crippen LogP contribution >= 0.6 is 0 Å². The van der Waals surface area contributed by atoms with Gasteiger partial charge >= 0.3 is 0 Å². The zero-order chi connectivity index (χ0) is 17.8. The number of hydrogen-bond donors (Lipinski definition) is 1. The monoisotopic (exact) mass is 320 g/mol. The van der Waals surface area contributed by atoms with Gasteiger partial charge in [-0.15, -0.1) is 0 Å². The molecule has 0 fully saturated rings. The highest BCUT2D eigenvalue weighted by Gasteiger charge is 2.42. The van der Waals surface area contributed by atoms with Crippen LogP contribution in [0.25, 0.3) is 0 Å². The molecule has 1 rings (SSSR count). The minimum atomic E-state index is -1.73. The van der Waals surface area contributed by atoms with Crippen molar-refractivity contribution in [3.05, 3.63) is 34.6 Å². The van der Waals surface area contributed by atoms with Crippen molar-refractivity contribution in [1.82, 2.24) is 0 Å². The number of carbonyl (C=O) groups is 1. The molecule has 0 aliphatic carbocycles. The van der Waals surface area contributed by atoms with Crippen molar-refractivity contribution >= 4 is 5.78 Å². The van der Waals surface area contributed by atoms with E-state index in [0.29, 0.717) is 17.3 Å². The highest BCUT2D eigenvalue weighted by molar-refractivity contribution is 6.03. The maximum atomic E-state index is 11.9. The number of carbonyl (C=O) groups excluding carboxylic acids is 1. The summed E-state index contributed by atoms with van der Waals surface area (Å²) in [5, 5.41) is 9.93. The minimum absolute atomic E-state index is 0.358. The maximum absolute atomic E-state index is 11.9. The fraction of sp³-hybridized carbons (Fsp3) is 0.650. The predicted molar refractivity (Wildman–Crippen MR) is 94.8 cm³/mol. The lowest BCUT2D eigenvalue weighted by Gasteiger charge is -2.17. The smallest absolute Gasteiger partial charge is 0.269 e. The molecule has 23 heavy (non-hydrogen) atoms. The summed E-state index contributed by atoms with van der Waals surface area (Å²) < 4.78 is 5.43. The Balaban J connectivity index is 2.82. The molecule has 0 saturated carbocycles. The van der Waals surface area contributed by atoms with E-state index in [-0.39, 0.29) is 5.78 Å². The van der Waals surface area contributed by atoms with Gasteiger partial charge in [-0.05, 0) is 44.6 Å². The van der Waals surface area contributed by atoms with Gasteiger partial charge in [0.1, 0.15) is 5.76 Å². The summed E-state index contributed by atoms with van der Waals surface area (Å²) >= 11 is 0. The van der Waals surface area contributed by atoms with Gasteiger partial charge < -0.3 is 9.84 Å². The molecule has 0 aromatic rings. The van der Waals surface area contributed by atoms with E-state index in [9.17, 15) is 9.90 Å². The Hall–Kier alpha value is -1.35. The first-order chi connectivity index (χ1) is 10.6. The number of rotatable bonds is 7. The molecule has 1 aliphatic heterocycles. The quantitative estimate of drug-likeness (QED) is 0.677. The van der Waals surface area contributed by atoms with Crippen LogP contribution in [-0.2, 0) is 9.53 Å². The van der Waals surface area contributed by atoms with Gasteiger partial charge in [-0.3, -0.25) is 4.79 Å². The van der Waals surface area contributed by atoms with Crippen LogP contribution < -0.4 is 0 Å². The van der Waals surface area contributed by atoms with E-state index in [1.807, 2.05) is 13.0 Å². The van der Waals surface area contributed by atoms with Crippen LogP contribution in [-0.4, -0.2) is 16.7 Å². The summed E-state index contributed by atoms with van der Waals surface area (Å²) in [6.45, 7) is 13.8. The number of ether oxygens (including phenoxy) is 1. The summed E-state index contributed by atoms with van der Waals surface area (Å²) in [6.07, 6.45) is 7.97. The van der Waals surface area contributed by atoms with Crippen LogP contribution in [0.4, 0.5) is 0 Å². The number of hydrogen-bond acceptors (Lipinski definition) is 3. The molecule has 0 radical (unpaired) electrons. The van der Waals surface area contributed by atoms with Gasteiger partial charge in [-0.2, -0.15) is 0 Å². The van der Waals surface area contributed by atoms with Crippen molar-refractivity contribution in [2.24, 2.45) is 11.8 Å². The molecule has 0 unspecified atom stereocenters. The topological polar surface area (TPSA) is 46.5 Å². The number of Topliss-reactive ketones (excluding diaryl/α,β-unsaturated/α-hetero) is 1. The van der Waals surface area contributed by atoms with Crippen molar-refractivity contribution in [3.63, 3.8) is 0 Å². The van der Waals surface area contributed by atoms with Crippen LogP contribution in [0, 0.1) is 11.8 Å². The molecule has 3 nitrogen and oxygen atoms in total. The Labute approximate surface area is 141 Å². The zero-order valence-corrected chi connectivity index (χ0v) is 15.7. The second-order valence-corrected chi connectivity index (χ2v) is 7.21. The molecule has 0 saturated heterocycles. The summed E-state index contributed by atoms with van der Waals surface area (Å²) in [6, 6.07) is 0. The molecule has 0 aromatic heterocycles. The summed E-state index contributed by atoms with van der Waals surface area (Å²) in [7, 11) is 0. The number of aliphatic hydroxyl groups is 1. The molecule has 3 heteroatoms. The van der Waals surface area contributed by atoms with Crippen molar-refractivity contribution in [1.29, 1.82) is 0 Å². The lowest BCUT2D eigenvalue weighted by molar-refractivity contribution is -0.169. The predicted octanol–water partition coefficient (Wildman–Crippen LogP) is 4.92. The standard InChI is InChI=1S/C20H32O3/c1-8-9-13(2)10-14(3)11-15(4)12-16(5)18-17(6)19(21)20(7,22)23-18/h11-14,22H,8-10H2,1-7H3/t13-,14-,20-/m0/s1. The second-order valence-electron chi connectivity index (χ2n) is 7.21. The highest BCUT2D eigenvalue weighted by Crippen LogP contribution is 2.33. The van der Waals surface area contributed by atoms with E-state index >= 15 is 0 Å². The number of ketones is 1. The molecule has 1 aliphatic rings. The first kappa shape index (κ1) is 19.7. The first-order valence-electron chi connectivity index (χ1n) is 8.62. The maximum Gasteiger partial charge on any atom is 0.269 e. The van der Waals surface area contributed by atoms with Gasteiger partial charge in [0.2, 0.25) is 5.78 Å². The van der Waals surface area contributed by atoms with Crippen LogP contribution in [0.15, 0.2) is 34.6 Å². The van der Waals surface area contributed by atoms with Gasteiger partial charge in [-0.25, -0.2) is 0 Å². The third-order valence-corrected chi connectivity index (χ3v) is 4.31. The fourth-order valence-corrected chi connectivity index (χ4v) is 3.37. The molecular formula is C20H32O3. The third-order valence-electron chi connectivity index (χ3n) is 4.31. The molecule has 3 atom stereocenters. The Morgan fingerprint density at radius 3 is 2.43 bits per heavy atom. The van der Waals surface area contributed by atoms with E-state index in [1.54, 1.807) is 6.92 Å². The molecule has 0 amide bonds. The van der Waals surface area contributed by atoms with Crippen LogP contribution in [0.2, 0.25) is 0 Å².